The predicted molar refractivity (Wildman–Crippen MR) is 128 cm³/mol. The molecule has 1 N–H and O–H groups in total. The molecule has 182 valence electrons. The predicted octanol–water partition coefficient (Wildman–Crippen LogP) is 3.65. The number of hydrogen-bond acceptors (Lipinski definition) is 7. The number of anilines is 1. The van der Waals surface area contributed by atoms with Gasteiger partial charge in [0.15, 0.2) is 23.0 Å². The minimum Gasteiger partial charge on any atom is -0.490 e. The van der Waals surface area contributed by atoms with Crippen LogP contribution in [0.3, 0.4) is 0 Å². The van der Waals surface area contributed by atoms with Gasteiger partial charge in [-0.3, -0.25) is 4.79 Å². The van der Waals surface area contributed by atoms with Crippen molar-refractivity contribution in [2.24, 2.45) is 0 Å². The zero-order chi connectivity index (χ0) is 24.4. The number of carbonyl (C=O) groups excluding carboxylic acids is 1. The minimum absolute atomic E-state index is 0.0204. The van der Waals surface area contributed by atoms with Crippen LogP contribution in [0.1, 0.15) is 22.3 Å². The number of rotatable bonds is 6. The molecule has 0 aromatic heterocycles. The smallest absolute Gasteiger partial charge is 0.255 e. The van der Waals surface area contributed by atoms with Crippen LogP contribution in [0, 0.1) is 0 Å². The summed E-state index contributed by atoms with van der Waals surface area (Å²) < 4.78 is 49.6. The summed E-state index contributed by atoms with van der Waals surface area (Å²) in [6.45, 7) is 1.38. The lowest BCUT2D eigenvalue weighted by Crippen LogP contribution is -2.26. The first kappa shape index (κ1) is 23.0. The number of nitrogens with one attached hydrogen (secondary N) is 1. The van der Waals surface area contributed by atoms with Gasteiger partial charge in [0.25, 0.3) is 5.91 Å². The first-order valence-corrected chi connectivity index (χ1v) is 12.5. The lowest BCUT2D eigenvalue weighted by molar-refractivity contribution is 0.102. The molecule has 0 aliphatic carbocycles. The fourth-order valence-corrected chi connectivity index (χ4v) is 5.01. The van der Waals surface area contributed by atoms with E-state index in [4.69, 9.17) is 18.9 Å². The molecule has 0 saturated heterocycles. The molecule has 2 heterocycles. The van der Waals surface area contributed by atoms with Gasteiger partial charge in [-0.1, -0.05) is 12.1 Å². The van der Waals surface area contributed by atoms with Crippen molar-refractivity contribution in [1.29, 1.82) is 0 Å². The van der Waals surface area contributed by atoms with Crippen LogP contribution in [0.5, 0.6) is 23.0 Å². The second kappa shape index (κ2) is 9.47. The number of sulfonamides is 1. The Kier molecular flexibility index (Phi) is 6.23. The first-order chi connectivity index (χ1) is 16.9. The monoisotopic (exact) mass is 496 g/mol. The van der Waals surface area contributed by atoms with Crippen LogP contribution in [-0.2, 0) is 16.6 Å². The van der Waals surface area contributed by atoms with E-state index in [2.05, 4.69) is 5.32 Å². The van der Waals surface area contributed by atoms with Crippen LogP contribution < -0.4 is 24.3 Å². The Hall–Kier alpha value is -3.76. The van der Waals surface area contributed by atoms with Crippen LogP contribution in [0.2, 0.25) is 0 Å². The molecular formula is C25H24N2O7S. The number of nitrogens with zero attached hydrogens (tertiary/aromatic N) is 1. The molecule has 2 aliphatic rings. The number of carbonyl (C=O) groups is 1. The maximum atomic E-state index is 13.2. The largest absolute Gasteiger partial charge is 0.490 e. The Balaban J connectivity index is 1.31. The molecule has 3 aromatic carbocycles. The van der Waals surface area contributed by atoms with Crippen LogP contribution in [0.25, 0.3) is 0 Å². The van der Waals surface area contributed by atoms with E-state index in [9.17, 15) is 13.2 Å². The summed E-state index contributed by atoms with van der Waals surface area (Å²) in [6, 6.07) is 16.4. The van der Waals surface area contributed by atoms with Crippen LogP contribution in [-0.4, -0.2) is 45.7 Å². The molecule has 2 aliphatic heterocycles. The molecule has 0 radical (unpaired) electrons. The van der Waals surface area contributed by atoms with Gasteiger partial charge in [0.1, 0.15) is 0 Å². The SMILES string of the molecule is CN(Cc1ccc2c(c1)OCO2)S(=O)(=O)c1cccc(C(=O)Nc2ccc3c(c2)OCCCO3)c1. The summed E-state index contributed by atoms with van der Waals surface area (Å²) in [4.78, 5) is 12.9. The summed E-state index contributed by atoms with van der Waals surface area (Å²) in [5, 5.41) is 2.79. The fraction of sp³-hybridized carbons (Fsp3) is 0.240. The third-order valence-corrected chi connectivity index (χ3v) is 7.45. The van der Waals surface area contributed by atoms with E-state index in [1.807, 2.05) is 0 Å². The molecule has 0 atom stereocenters. The third kappa shape index (κ3) is 4.89. The van der Waals surface area contributed by atoms with Gasteiger partial charge >= 0.3 is 0 Å². The van der Waals surface area contributed by atoms with Gasteiger partial charge in [-0.2, -0.15) is 4.31 Å². The highest BCUT2D eigenvalue weighted by molar-refractivity contribution is 7.89. The molecular weight excluding hydrogens is 472 g/mol. The average Bonchev–Trinajstić information content (AvgIpc) is 3.20. The van der Waals surface area contributed by atoms with E-state index in [1.54, 1.807) is 48.5 Å². The van der Waals surface area contributed by atoms with Crippen molar-refractivity contribution in [2.75, 3.05) is 32.4 Å². The zero-order valence-electron chi connectivity index (χ0n) is 19.0. The second-order valence-corrected chi connectivity index (χ2v) is 10.2. The number of fused-ring (bicyclic) bond motifs is 2. The van der Waals surface area contributed by atoms with Crippen LogP contribution in [0.4, 0.5) is 5.69 Å². The van der Waals surface area contributed by atoms with Crippen molar-refractivity contribution in [3.05, 3.63) is 71.8 Å². The van der Waals surface area contributed by atoms with Crippen molar-refractivity contribution in [2.45, 2.75) is 17.9 Å². The Morgan fingerprint density at radius 1 is 0.886 bits per heavy atom. The van der Waals surface area contributed by atoms with Gasteiger partial charge < -0.3 is 24.3 Å². The number of amides is 1. The Morgan fingerprint density at radius 3 is 2.46 bits per heavy atom. The lowest BCUT2D eigenvalue weighted by Gasteiger charge is -2.18. The average molecular weight is 497 g/mol. The highest BCUT2D eigenvalue weighted by Gasteiger charge is 2.23. The molecule has 0 spiro atoms. The minimum atomic E-state index is -3.85. The Labute approximate surface area is 203 Å². The maximum absolute atomic E-state index is 13.2. The van der Waals surface area contributed by atoms with Crippen molar-refractivity contribution >= 4 is 21.6 Å². The molecule has 1 amide bonds. The van der Waals surface area contributed by atoms with Crippen LogP contribution >= 0.6 is 0 Å². The van der Waals surface area contributed by atoms with E-state index >= 15 is 0 Å². The van der Waals surface area contributed by atoms with Crippen molar-refractivity contribution in [3.8, 4) is 23.0 Å². The third-order valence-electron chi connectivity index (χ3n) is 5.65. The van der Waals surface area contributed by atoms with Gasteiger partial charge in [0.2, 0.25) is 16.8 Å². The highest BCUT2D eigenvalue weighted by Crippen LogP contribution is 2.34. The van der Waals surface area contributed by atoms with E-state index < -0.39 is 15.9 Å². The second-order valence-electron chi connectivity index (χ2n) is 8.14. The molecule has 0 bridgehead atoms. The van der Waals surface area contributed by atoms with E-state index in [0.29, 0.717) is 41.9 Å². The van der Waals surface area contributed by atoms with Crippen molar-refractivity contribution in [3.63, 3.8) is 0 Å². The van der Waals surface area contributed by atoms with Gasteiger partial charge in [0, 0.05) is 37.3 Å². The summed E-state index contributed by atoms with van der Waals surface area (Å²) >= 11 is 0. The normalized spacial score (nSPS) is 14.5. The molecule has 0 unspecified atom stereocenters. The maximum Gasteiger partial charge on any atom is 0.255 e. The fourth-order valence-electron chi connectivity index (χ4n) is 3.80. The summed E-state index contributed by atoms with van der Waals surface area (Å²) in [6.07, 6.45) is 0.779. The van der Waals surface area contributed by atoms with Gasteiger partial charge in [-0.15, -0.1) is 0 Å². The van der Waals surface area contributed by atoms with E-state index in [1.165, 1.54) is 23.5 Å². The quantitative estimate of drug-likeness (QED) is 0.556. The van der Waals surface area contributed by atoms with E-state index in [-0.39, 0.29) is 23.8 Å². The van der Waals surface area contributed by atoms with E-state index in [0.717, 1.165) is 12.0 Å². The lowest BCUT2D eigenvalue weighted by atomic mass is 10.2. The number of benzene rings is 3. The summed E-state index contributed by atoms with van der Waals surface area (Å²) in [5.41, 5.74) is 1.49. The standard InChI is InChI=1S/C25H24N2O7S/c1-27(15-17-6-8-22-23(12-17)34-16-33-22)35(29,30)20-5-2-4-18(13-20)25(28)26-19-7-9-21-24(14-19)32-11-3-10-31-21/h2,4-9,12-14H,3,10-11,15-16H2,1H3,(H,26,28). The Morgan fingerprint density at radius 2 is 1.60 bits per heavy atom. The van der Waals surface area contributed by atoms with Crippen molar-refractivity contribution in [1.82, 2.24) is 4.31 Å². The van der Waals surface area contributed by atoms with Gasteiger partial charge in [-0.25, -0.2) is 8.42 Å². The highest BCUT2D eigenvalue weighted by atomic mass is 32.2. The Bertz CT molecular complexity index is 1370. The molecule has 10 heteroatoms. The van der Waals surface area contributed by atoms with Crippen LogP contribution in [0.15, 0.2) is 65.6 Å². The molecule has 35 heavy (non-hydrogen) atoms. The molecule has 9 nitrogen and oxygen atoms in total. The summed E-state index contributed by atoms with van der Waals surface area (Å²) in [7, 11) is -2.36. The number of hydrogen-bond donors (Lipinski definition) is 1. The molecule has 5 rings (SSSR count). The molecule has 0 fully saturated rings. The topological polar surface area (TPSA) is 103 Å². The summed E-state index contributed by atoms with van der Waals surface area (Å²) in [5.74, 6) is 1.96. The number of ether oxygens (including phenoxy) is 4. The molecule has 3 aromatic rings. The molecule has 0 saturated carbocycles. The van der Waals surface area contributed by atoms with Gasteiger partial charge in [0.05, 0.1) is 18.1 Å². The zero-order valence-corrected chi connectivity index (χ0v) is 19.8. The van der Waals surface area contributed by atoms with Gasteiger partial charge in [-0.05, 0) is 48.0 Å². The first-order valence-electron chi connectivity index (χ1n) is 11.1. The van der Waals surface area contributed by atoms with Crippen molar-refractivity contribution < 1.29 is 32.2 Å².